The predicted octanol–water partition coefficient (Wildman–Crippen LogP) is 3.58. The number of ether oxygens (including phenoxy) is 1. The van der Waals surface area contributed by atoms with Gasteiger partial charge < -0.3 is 4.74 Å². The number of nitriles is 1. The monoisotopic (exact) mass is 278 g/mol. The van der Waals surface area contributed by atoms with Crippen LogP contribution in [0.15, 0.2) is 18.2 Å². The second-order valence-corrected chi connectivity index (χ2v) is 5.23. The van der Waals surface area contributed by atoms with E-state index in [-0.39, 0.29) is 5.82 Å². The van der Waals surface area contributed by atoms with Gasteiger partial charge in [0.15, 0.2) is 0 Å². The predicted molar refractivity (Wildman–Crippen MR) is 78.2 cm³/mol. The van der Waals surface area contributed by atoms with Crippen molar-refractivity contribution in [3.8, 4) is 11.8 Å². The molecule has 0 heterocycles. The zero-order valence-corrected chi connectivity index (χ0v) is 12.5. The molecule has 110 valence electrons. The van der Waals surface area contributed by atoms with Gasteiger partial charge in [-0.15, -0.1) is 0 Å². The van der Waals surface area contributed by atoms with Crippen molar-refractivity contribution in [1.82, 2.24) is 5.32 Å². The van der Waals surface area contributed by atoms with Crippen molar-refractivity contribution in [3.05, 3.63) is 29.6 Å². The van der Waals surface area contributed by atoms with Gasteiger partial charge in [-0.3, -0.25) is 5.32 Å². The summed E-state index contributed by atoms with van der Waals surface area (Å²) in [6.45, 7) is 6.99. The molecule has 0 aliphatic carbocycles. The molecule has 1 aromatic carbocycles. The topological polar surface area (TPSA) is 45.0 Å². The van der Waals surface area contributed by atoms with E-state index >= 15 is 0 Å². The minimum absolute atomic E-state index is 0.256. The quantitative estimate of drug-likeness (QED) is 0.739. The number of halogens is 1. The van der Waals surface area contributed by atoms with Crippen LogP contribution >= 0.6 is 0 Å². The Bertz CT molecular complexity index is 470. The molecule has 1 N–H and O–H groups in total. The molecule has 0 spiro atoms. The van der Waals surface area contributed by atoms with Crippen LogP contribution in [0.4, 0.5) is 4.39 Å². The molecular formula is C16H23FN2O. The molecular weight excluding hydrogens is 255 g/mol. The maximum atomic E-state index is 13.3. The van der Waals surface area contributed by atoms with Crippen LogP contribution in [0.1, 0.15) is 38.7 Å². The highest BCUT2D eigenvalue weighted by Crippen LogP contribution is 2.17. The van der Waals surface area contributed by atoms with Crippen molar-refractivity contribution in [2.75, 3.05) is 13.2 Å². The summed E-state index contributed by atoms with van der Waals surface area (Å²) in [6, 6.07) is 7.16. The van der Waals surface area contributed by atoms with Gasteiger partial charge in [-0.1, -0.05) is 13.0 Å². The first kappa shape index (κ1) is 16.5. The van der Waals surface area contributed by atoms with Gasteiger partial charge in [0, 0.05) is 6.07 Å². The molecule has 0 saturated carbocycles. The van der Waals surface area contributed by atoms with Crippen LogP contribution < -0.4 is 10.1 Å². The molecule has 1 aromatic rings. The summed E-state index contributed by atoms with van der Waals surface area (Å²) in [5, 5.41) is 12.4. The van der Waals surface area contributed by atoms with Crippen molar-refractivity contribution < 1.29 is 9.13 Å². The van der Waals surface area contributed by atoms with Crippen LogP contribution in [0.2, 0.25) is 0 Å². The fourth-order valence-electron chi connectivity index (χ4n) is 1.86. The van der Waals surface area contributed by atoms with Gasteiger partial charge in [0.05, 0.1) is 12.7 Å². The maximum Gasteiger partial charge on any atom is 0.129 e. The molecule has 0 bridgehead atoms. The van der Waals surface area contributed by atoms with E-state index in [1.165, 1.54) is 6.07 Å². The van der Waals surface area contributed by atoms with E-state index < -0.39 is 5.54 Å². The lowest BCUT2D eigenvalue weighted by Crippen LogP contribution is -2.41. The van der Waals surface area contributed by atoms with E-state index in [0.717, 1.165) is 19.4 Å². The highest BCUT2D eigenvalue weighted by Gasteiger charge is 2.21. The van der Waals surface area contributed by atoms with Crippen LogP contribution in [0.25, 0.3) is 0 Å². The Balaban J connectivity index is 2.37. The van der Waals surface area contributed by atoms with Crippen LogP contribution in [-0.2, 0) is 0 Å². The van der Waals surface area contributed by atoms with Gasteiger partial charge in [-0.25, -0.2) is 4.39 Å². The Morgan fingerprint density at radius 3 is 2.80 bits per heavy atom. The van der Waals surface area contributed by atoms with Gasteiger partial charge in [0.2, 0.25) is 0 Å². The van der Waals surface area contributed by atoms with E-state index in [2.05, 4.69) is 18.3 Å². The number of nitrogens with zero attached hydrogens (tertiary/aromatic N) is 1. The van der Waals surface area contributed by atoms with Crippen molar-refractivity contribution in [2.45, 2.75) is 45.6 Å². The normalized spacial score (nSPS) is 13.6. The Morgan fingerprint density at radius 1 is 1.45 bits per heavy atom. The third-order valence-corrected chi connectivity index (χ3v) is 3.25. The number of aryl methyl sites for hydroxylation is 1. The lowest BCUT2D eigenvalue weighted by atomic mass is 9.98. The van der Waals surface area contributed by atoms with Crippen molar-refractivity contribution in [2.24, 2.45) is 0 Å². The number of benzene rings is 1. The third-order valence-electron chi connectivity index (χ3n) is 3.25. The Kier molecular flexibility index (Phi) is 6.47. The molecule has 0 aliphatic rings. The Labute approximate surface area is 120 Å². The SMILES string of the molecule is CCCNC(C)(C#N)CCCOc1ccc(C)c(F)c1. The van der Waals surface area contributed by atoms with Crippen LogP contribution in [0, 0.1) is 24.1 Å². The summed E-state index contributed by atoms with van der Waals surface area (Å²) in [5.74, 6) is 0.280. The van der Waals surface area contributed by atoms with Gasteiger partial charge in [0.25, 0.3) is 0 Å². The molecule has 0 fully saturated rings. The Morgan fingerprint density at radius 2 is 2.20 bits per heavy atom. The second-order valence-electron chi connectivity index (χ2n) is 5.23. The average Bonchev–Trinajstić information content (AvgIpc) is 2.45. The highest BCUT2D eigenvalue weighted by atomic mass is 19.1. The summed E-state index contributed by atoms with van der Waals surface area (Å²) < 4.78 is 18.8. The van der Waals surface area contributed by atoms with E-state index in [4.69, 9.17) is 4.74 Å². The molecule has 3 nitrogen and oxygen atoms in total. The molecule has 20 heavy (non-hydrogen) atoms. The second kappa shape index (κ2) is 7.86. The van der Waals surface area contributed by atoms with Crippen LogP contribution in [0.5, 0.6) is 5.75 Å². The molecule has 0 aliphatic heterocycles. The van der Waals surface area contributed by atoms with E-state index in [9.17, 15) is 9.65 Å². The molecule has 1 unspecified atom stereocenters. The molecule has 0 aromatic heterocycles. The minimum Gasteiger partial charge on any atom is -0.493 e. The summed E-state index contributed by atoms with van der Waals surface area (Å²) in [4.78, 5) is 0. The zero-order valence-electron chi connectivity index (χ0n) is 12.5. The van der Waals surface area contributed by atoms with Crippen molar-refractivity contribution >= 4 is 0 Å². The zero-order chi connectivity index (χ0) is 15.0. The molecule has 1 atom stereocenters. The fourth-order valence-corrected chi connectivity index (χ4v) is 1.86. The third kappa shape index (κ3) is 5.18. The fraction of sp³-hybridized carbons (Fsp3) is 0.562. The van der Waals surface area contributed by atoms with Crippen LogP contribution in [0.3, 0.4) is 0 Å². The summed E-state index contributed by atoms with van der Waals surface area (Å²) in [7, 11) is 0. The number of nitrogens with one attached hydrogen (secondary N) is 1. The lowest BCUT2D eigenvalue weighted by Gasteiger charge is -2.23. The Hall–Kier alpha value is -1.60. The first-order valence-corrected chi connectivity index (χ1v) is 7.06. The molecule has 0 amide bonds. The summed E-state index contributed by atoms with van der Waals surface area (Å²) >= 11 is 0. The standard InChI is InChI=1S/C16H23FN2O/c1-4-9-19-16(3,12-18)8-5-10-20-14-7-6-13(2)15(17)11-14/h6-7,11,19H,4-5,8-10H2,1-3H3. The number of rotatable bonds is 8. The largest absolute Gasteiger partial charge is 0.493 e. The van der Waals surface area contributed by atoms with Crippen molar-refractivity contribution in [3.63, 3.8) is 0 Å². The minimum atomic E-state index is -0.516. The summed E-state index contributed by atoms with van der Waals surface area (Å²) in [6.07, 6.45) is 2.45. The van der Waals surface area contributed by atoms with Gasteiger partial charge >= 0.3 is 0 Å². The van der Waals surface area contributed by atoms with Gasteiger partial charge in [-0.05, 0) is 51.3 Å². The average molecular weight is 278 g/mol. The molecule has 0 saturated heterocycles. The van der Waals surface area contributed by atoms with E-state index in [0.29, 0.717) is 24.3 Å². The first-order valence-electron chi connectivity index (χ1n) is 7.06. The number of hydrogen-bond acceptors (Lipinski definition) is 3. The lowest BCUT2D eigenvalue weighted by molar-refractivity contribution is 0.284. The number of hydrogen-bond donors (Lipinski definition) is 1. The highest BCUT2D eigenvalue weighted by molar-refractivity contribution is 5.27. The molecule has 4 heteroatoms. The first-order chi connectivity index (χ1) is 9.50. The van der Waals surface area contributed by atoms with E-state index in [1.807, 2.05) is 6.92 Å². The van der Waals surface area contributed by atoms with Crippen LogP contribution in [-0.4, -0.2) is 18.7 Å². The van der Waals surface area contributed by atoms with Gasteiger partial charge in [-0.2, -0.15) is 5.26 Å². The van der Waals surface area contributed by atoms with Crippen molar-refractivity contribution in [1.29, 1.82) is 5.26 Å². The molecule has 0 radical (unpaired) electrons. The van der Waals surface area contributed by atoms with Gasteiger partial charge in [0.1, 0.15) is 17.1 Å². The smallest absolute Gasteiger partial charge is 0.129 e. The summed E-state index contributed by atoms with van der Waals surface area (Å²) in [5.41, 5.74) is 0.0934. The molecule has 1 rings (SSSR count). The maximum absolute atomic E-state index is 13.3. The van der Waals surface area contributed by atoms with E-state index in [1.54, 1.807) is 19.1 Å².